The maximum Gasteiger partial charge on any atom is 0.278 e. The number of anilines is 1. The van der Waals surface area contributed by atoms with E-state index >= 15 is 0 Å². The fourth-order valence-corrected chi connectivity index (χ4v) is 1.84. The van der Waals surface area contributed by atoms with Crippen LogP contribution in [0.3, 0.4) is 0 Å². The van der Waals surface area contributed by atoms with Gasteiger partial charge in [0.25, 0.3) is 5.69 Å². The van der Waals surface area contributed by atoms with Gasteiger partial charge >= 0.3 is 0 Å². The summed E-state index contributed by atoms with van der Waals surface area (Å²) < 4.78 is 5.56. The normalized spacial score (nSPS) is 10.2. The monoisotopic (exact) mass is 274 g/mol. The number of ether oxygens (including phenoxy) is 1. The molecule has 0 saturated carbocycles. The van der Waals surface area contributed by atoms with Crippen LogP contribution in [0.15, 0.2) is 30.3 Å². The molecule has 1 heterocycles. The van der Waals surface area contributed by atoms with Crippen molar-refractivity contribution in [3.8, 4) is 11.6 Å². The number of hydrazine groups is 1. The number of rotatable bonds is 4. The van der Waals surface area contributed by atoms with E-state index in [-0.39, 0.29) is 17.4 Å². The zero-order valence-corrected chi connectivity index (χ0v) is 11.1. The molecule has 0 atom stereocenters. The van der Waals surface area contributed by atoms with E-state index in [1.54, 1.807) is 0 Å². The third kappa shape index (κ3) is 3.21. The van der Waals surface area contributed by atoms with Gasteiger partial charge in [0.05, 0.1) is 17.1 Å². The van der Waals surface area contributed by atoms with Crippen molar-refractivity contribution >= 4 is 11.5 Å². The average Bonchev–Trinajstić information content (AvgIpc) is 2.36. The van der Waals surface area contributed by atoms with E-state index in [2.05, 4.69) is 10.4 Å². The Hall–Kier alpha value is -2.67. The van der Waals surface area contributed by atoms with Crippen LogP contribution >= 0.6 is 0 Å². The summed E-state index contributed by atoms with van der Waals surface area (Å²) in [4.78, 5) is 14.3. The third-order valence-corrected chi connectivity index (χ3v) is 2.56. The zero-order valence-electron chi connectivity index (χ0n) is 11.1. The molecular weight excluding hydrogens is 260 g/mol. The number of pyridine rings is 1. The van der Waals surface area contributed by atoms with Crippen molar-refractivity contribution in [1.29, 1.82) is 0 Å². The first-order valence-electron chi connectivity index (χ1n) is 5.87. The molecule has 0 aliphatic rings. The van der Waals surface area contributed by atoms with E-state index in [4.69, 9.17) is 10.6 Å². The lowest BCUT2D eigenvalue weighted by atomic mass is 10.1. The van der Waals surface area contributed by atoms with Crippen molar-refractivity contribution in [3.63, 3.8) is 0 Å². The molecule has 1 aromatic carbocycles. The van der Waals surface area contributed by atoms with Crippen molar-refractivity contribution < 1.29 is 9.66 Å². The van der Waals surface area contributed by atoms with Crippen LogP contribution in [0.1, 0.15) is 11.1 Å². The summed E-state index contributed by atoms with van der Waals surface area (Å²) in [6, 6.07) is 8.12. The molecule has 0 aliphatic carbocycles. The van der Waals surface area contributed by atoms with Gasteiger partial charge in [0.2, 0.25) is 5.88 Å². The number of hydrogen-bond donors (Lipinski definition) is 2. The van der Waals surface area contributed by atoms with Crippen molar-refractivity contribution in [1.82, 2.24) is 4.98 Å². The van der Waals surface area contributed by atoms with Crippen molar-refractivity contribution in [2.24, 2.45) is 5.84 Å². The fourth-order valence-electron chi connectivity index (χ4n) is 1.84. The summed E-state index contributed by atoms with van der Waals surface area (Å²) in [5.41, 5.74) is 4.19. The Labute approximate surface area is 115 Å². The van der Waals surface area contributed by atoms with Gasteiger partial charge in [-0.05, 0) is 37.1 Å². The second kappa shape index (κ2) is 5.54. The Morgan fingerprint density at radius 1 is 1.20 bits per heavy atom. The predicted molar refractivity (Wildman–Crippen MR) is 74.7 cm³/mol. The molecule has 0 fully saturated rings. The quantitative estimate of drug-likeness (QED) is 0.504. The minimum Gasteiger partial charge on any atom is -0.439 e. The van der Waals surface area contributed by atoms with E-state index in [1.165, 1.54) is 12.1 Å². The van der Waals surface area contributed by atoms with Crippen LogP contribution < -0.4 is 16.0 Å². The van der Waals surface area contributed by atoms with Crippen LogP contribution in [0.5, 0.6) is 11.6 Å². The number of nitrogens with one attached hydrogen (secondary N) is 1. The standard InChI is InChI=1S/C13H14N4O3/c1-8-3-9(2)5-11(4-8)20-13-7-10(17(18)19)6-12(15-13)16-14/h3-7H,14H2,1-2H3,(H,15,16). The SMILES string of the molecule is Cc1cc(C)cc(Oc2cc([N+](=O)[O-])cc(NN)n2)c1. The Morgan fingerprint density at radius 3 is 2.40 bits per heavy atom. The van der Waals surface area contributed by atoms with Crippen molar-refractivity contribution in [2.75, 3.05) is 5.43 Å². The lowest BCUT2D eigenvalue weighted by Crippen LogP contribution is -2.09. The Kier molecular flexibility index (Phi) is 3.81. The second-order valence-corrected chi connectivity index (χ2v) is 4.38. The third-order valence-electron chi connectivity index (χ3n) is 2.56. The molecule has 2 aromatic rings. The van der Waals surface area contributed by atoms with Crippen molar-refractivity contribution in [2.45, 2.75) is 13.8 Å². The molecule has 0 saturated heterocycles. The molecule has 3 N–H and O–H groups in total. The van der Waals surface area contributed by atoms with Gasteiger partial charge in [-0.1, -0.05) is 6.07 Å². The summed E-state index contributed by atoms with van der Waals surface area (Å²) in [5.74, 6) is 6.08. The van der Waals surface area contributed by atoms with E-state index in [0.29, 0.717) is 5.75 Å². The minimum absolute atomic E-state index is 0.108. The van der Waals surface area contributed by atoms with Gasteiger partial charge < -0.3 is 10.2 Å². The van der Waals surface area contributed by atoms with Gasteiger partial charge in [0, 0.05) is 0 Å². The molecule has 0 spiro atoms. The summed E-state index contributed by atoms with van der Waals surface area (Å²) in [7, 11) is 0. The number of nitro groups is 1. The highest BCUT2D eigenvalue weighted by Crippen LogP contribution is 2.27. The molecule has 0 amide bonds. The van der Waals surface area contributed by atoms with Gasteiger partial charge in [0.15, 0.2) is 5.82 Å². The van der Waals surface area contributed by atoms with Crippen LogP contribution in [0, 0.1) is 24.0 Å². The van der Waals surface area contributed by atoms with Gasteiger partial charge in [-0.2, -0.15) is 4.98 Å². The Bertz CT molecular complexity index is 638. The van der Waals surface area contributed by atoms with Crippen LogP contribution in [0.4, 0.5) is 11.5 Å². The van der Waals surface area contributed by atoms with Crippen molar-refractivity contribution in [3.05, 3.63) is 51.6 Å². The van der Waals surface area contributed by atoms with E-state index in [0.717, 1.165) is 11.1 Å². The van der Waals surface area contributed by atoms with E-state index in [1.807, 2.05) is 32.0 Å². The van der Waals surface area contributed by atoms with Crippen LogP contribution in [0.2, 0.25) is 0 Å². The maximum atomic E-state index is 10.8. The summed E-state index contributed by atoms with van der Waals surface area (Å²) in [5, 5.41) is 10.8. The average molecular weight is 274 g/mol. The number of hydrogen-bond acceptors (Lipinski definition) is 6. The molecule has 0 unspecified atom stereocenters. The van der Waals surface area contributed by atoms with E-state index in [9.17, 15) is 10.1 Å². The maximum absolute atomic E-state index is 10.8. The number of benzene rings is 1. The highest BCUT2D eigenvalue weighted by atomic mass is 16.6. The first-order valence-corrected chi connectivity index (χ1v) is 5.87. The van der Waals surface area contributed by atoms with Gasteiger partial charge in [-0.3, -0.25) is 10.1 Å². The molecule has 7 heteroatoms. The van der Waals surface area contributed by atoms with Crippen LogP contribution in [-0.4, -0.2) is 9.91 Å². The molecule has 2 rings (SSSR count). The summed E-state index contributed by atoms with van der Waals surface area (Å²) >= 11 is 0. The first-order chi connectivity index (χ1) is 9.47. The highest BCUT2D eigenvalue weighted by Gasteiger charge is 2.12. The van der Waals surface area contributed by atoms with Gasteiger partial charge in [0.1, 0.15) is 5.75 Å². The summed E-state index contributed by atoms with van der Waals surface area (Å²) in [6.45, 7) is 3.88. The topological polar surface area (TPSA) is 103 Å². The molecule has 104 valence electrons. The lowest BCUT2D eigenvalue weighted by Gasteiger charge is -2.08. The lowest BCUT2D eigenvalue weighted by molar-refractivity contribution is -0.384. The molecule has 7 nitrogen and oxygen atoms in total. The fraction of sp³-hybridized carbons (Fsp3) is 0.154. The number of nitrogen functional groups attached to an aromatic ring is 1. The minimum atomic E-state index is -0.531. The Morgan fingerprint density at radius 2 is 1.85 bits per heavy atom. The number of aryl methyl sites for hydroxylation is 2. The molecular formula is C13H14N4O3. The van der Waals surface area contributed by atoms with E-state index < -0.39 is 4.92 Å². The molecule has 0 aliphatic heterocycles. The van der Waals surface area contributed by atoms with Crippen LogP contribution in [0.25, 0.3) is 0 Å². The zero-order chi connectivity index (χ0) is 14.7. The number of nitrogens with zero attached hydrogens (tertiary/aromatic N) is 2. The Balaban J connectivity index is 2.37. The number of nitrogens with two attached hydrogens (primary N) is 1. The molecule has 0 radical (unpaired) electrons. The first kappa shape index (κ1) is 13.8. The highest BCUT2D eigenvalue weighted by molar-refractivity contribution is 5.48. The molecule has 0 bridgehead atoms. The second-order valence-electron chi connectivity index (χ2n) is 4.38. The molecule has 20 heavy (non-hydrogen) atoms. The summed E-state index contributed by atoms with van der Waals surface area (Å²) in [6.07, 6.45) is 0. The number of aromatic nitrogens is 1. The van der Waals surface area contributed by atoms with Crippen LogP contribution in [-0.2, 0) is 0 Å². The largest absolute Gasteiger partial charge is 0.439 e. The van der Waals surface area contributed by atoms with Gasteiger partial charge in [-0.25, -0.2) is 5.84 Å². The van der Waals surface area contributed by atoms with Gasteiger partial charge in [-0.15, -0.1) is 0 Å². The molecule has 1 aromatic heterocycles. The smallest absolute Gasteiger partial charge is 0.278 e. The predicted octanol–water partition coefficient (Wildman–Crippen LogP) is 2.68.